The van der Waals surface area contributed by atoms with Gasteiger partial charge in [0, 0.05) is 28.9 Å². The Kier molecular flexibility index (Phi) is 5.45. The fourth-order valence-corrected chi connectivity index (χ4v) is 4.09. The van der Waals surface area contributed by atoms with E-state index in [0.717, 1.165) is 16.6 Å². The summed E-state index contributed by atoms with van der Waals surface area (Å²) in [4.78, 5) is 34.1. The second-order valence-electron chi connectivity index (χ2n) is 9.98. The third kappa shape index (κ3) is 4.26. The molecule has 9 nitrogen and oxygen atoms in total. The van der Waals surface area contributed by atoms with Crippen LogP contribution in [0.25, 0.3) is 56.1 Å². The highest BCUT2D eigenvalue weighted by Gasteiger charge is 2.22. The summed E-state index contributed by atoms with van der Waals surface area (Å²) in [6.45, 7) is 5.56. The number of nitrogens with one attached hydrogen (secondary N) is 3. The van der Waals surface area contributed by atoms with Gasteiger partial charge < -0.3 is 10.3 Å². The lowest BCUT2D eigenvalue weighted by molar-refractivity contribution is -0.123. The molecule has 1 amide bonds. The number of anilines is 1. The molecule has 0 atom stereocenters. The third-order valence-corrected chi connectivity index (χ3v) is 6.10. The van der Waals surface area contributed by atoms with E-state index >= 15 is 0 Å². The van der Waals surface area contributed by atoms with Crippen molar-refractivity contribution in [3.63, 3.8) is 0 Å². The standard InChI is InChI=1S/C28H23FN8O/c1-28(2,3)27(38)32-18-12-16(13-30-14-18)19-7-8-21-24(33-19)25(37-36-21)26-34-20-9-10-31-22(23(20)35-26)15-5-4-6-17(29)11-15/h4-14H,1-3H3,(H,32,38)(H,34,35)(H,36,37). The smallest absolute Gasteiger partial charge is 0.229 e. The molecule has 0 saturated heterocycles. The lowest BCUT2D eigenvalue weighted by Gasteiger charge is -2.17. The third-order valence-electron chi connectivity index (χ3n) is 6.10. The second kappa shape index (κ2) is 8.84. The summed E-state index contributed by atoms with van der Waals surface area (Å²) >= 11 is 0. The predicted molar refractivity (Wildman–Crippen MR) is 143 cm³/mol. The molecule has 5 heterocycles. The minimum Gasteiger partial charge on any atom is -0.336 e. The van der Waals surface area contributed by atoms with E-state index in [1.807, 2.05) is 45.0 Å². The van der Waals surface area contributed by atoms with Crippen LogP contribution in [-0.2, 0) is 4.79 Å². The van der Waals surface area contributed by atoms with Crippen molar-refractivity contribution >= 4 is 33.7 Å². The highest BCUT2D eigenvalue weighted by molar-refractivity contribution is 5.96. The zero-order valence-electron chi connectivity index (χ0n) is 20.9. The predicted octanol–water partition coefficient (Wildman–Crippen LogP) is 5.75. The molecule has 0 fully saturated rings. The summed E-state index contributed by atoms with van der Waals surface area (Å²) in [5, 5.41) is 10.4. The van der Waals surface area contributed by atoms with E-state index in [9.17, 15) is 9.18 Å². The van der Waals surface area contributed by atoms with E-state index < -0.39 is 5.41 Å². The van der Waals surface area contributed by atoms with Crippen LogP contribution in [0.1, 0.15) is 20.8 Å². The van der Waals surface area contributed by atoms with Gasteiger partial charge >= 0.3 is 0 Å². The first kappa shape index (κ1) is 23.4. The number of halogens is 1. The molecule has 1 aromatic carbocycles. The first-order chi connectivity index (χ1) is 18.3. The summed E-state index contributed by atoms with van der Waals surface area (Å²) in [7, 11) is 0. The van der Waals surface area contributed by atoms with Crippen LogP contribution in [0.5, 0.6) is 0 Å². The number of amides is 1. The molecular formula is C28H23FN8O. The van der Waals surface area contributed by atoms with Gasteiger partial charge in [-0.15, -0.1) is 0 Å². The van der Waals surface area contributed by atoms with Gasteiger partial charge in [0.25, 0.3) is 0 Å². The van der Waals surface area contributed by atoms with E-state index in [4.69, 9.17) is 9.97 Å². The maximum absolute atomic E-state index is 13.9. The zero-order valence-corrected chi connectivity index (χ0v) is 20.9. The quantitative estimate of drug-likeness (QED) is 0.280. The van der Waals surface area contributed by atoms with Gasteiger partial charge in [-0.05, 0) is 36.4 Å². The van der Waals surface area contributed by atoms with Gasteiger partial charge in [-0.3, -0.25) is 19.9 Å². The van der Waals surface area contributed by atoms with Crippen LogP contribution in [0.15, 0.2) is 67.1 Å². The van der Waals surface area contributed by atoms with Gasteiger partial charge in [-0.1, -0.05) is 32.9 Å². The number of pyridine rings is 3. The number of rotatable bonds is 4. The normalized spacial score (nSPS) is 11.8. The van der Waals surface area contributed by atoms with E-state index in [2.05, 4.69) is 30.5 Å². The summed E-state index contributed by atoms with van der Waals surface area (Å²) < 4.78 is 13.9. The van der Waals surface area contributed by atoms with Crippen LogP contribution >= 0.6 is 0 Å². The molecule has 0 bridgehead atoms. The van der Waals surface area contributed by atoms with Gasteiger partial charge in [0.05, 0.1) is 34.3 Å². The number of imidazole rings is 1. The maximum atomic E-state index is 13.9. The fourth-order valence-electron chi connectivity index (χ4n) is 4.09. The number of benzene rings is 1. The molecule has 0 unspecified atom stereocenters. The Hall–Kier alpha value is -4.99. The molecule has 6 rings (SSSR count). The largest absolute Gasteiger partial charge is 0.336 e. The summed E-state index contributed by atoms with van der Waals surface area (Å²) in [6, 6.07) is 13.7. The van der Waals surface area contributed by atoms with Crippen LogP contribution in [0.2, 0.25) is 0 Å². The van der Waals surface area contributed by atoms with Gasteiger partial charge in [0.1, 0.15) is 16.9 Å². The molecule has 6 aromatic rings. The minimum atomic E-state index is -0.532. The molecule has 3 N–H and O–H groups in total. The van der Waals surface area contributed by atoms with Crippen LogP contribution in [0.3, 0.4) is 0 Å². The molecule has 0 spiro atoms. The molecule has 0 aliphatic heterocycles. The maximum Gasteiger partial charge on any atom is 0.229 e. The molecular weight excluding hydrogens is 483 g/mol. The molecule has 0 saturated carbocycles. The van der Waals surface area contributed by atoms with Gasteiger partial charge in [0.2, 0.25) is 5.91 Å². The van der Waals surface area contributed by atoms with Crippen molar-refractivity contribution in [2.45, 2.75) is 20.8 Å². The van der Waals surface area contributed by atoms with Crippen molar-refractivity contribution in [3.05, 3.63) is 72.9 Å². The monoisotopic (exact) mass is 506 g/mol. The lowest BCUT2D eigenvalue weighted by atomic mass is 9.95. The Morgan fingerprint density at radius 2 is 1.76 bits per heavy atom. The number of hydrogen-bond donors (Lipinski definition) is 3. The average Bonchev–Trinajstić information content (AvgIpc) is 3.52. The Bertz CT molecular complexity index is 1830. The van der Waals surface area contributed by atoms with Crippen molar-refractivity contribution in [2.75, 3.05) is 5.32 Å². The number of carbonyl (C=O) groups excluding carboxylic acids is 1. The number of fused-ring (bicyclic) bond motifs is 2. The van der Waals surface area contributed by atoms with E-state index in [0.29, 0.717) is 45.2 Å². The van der Waals surface area contributed by atoms with Crippen LogP contribution in [0, 0.1) is 11.2 Å². The van der Waals surface area contributed by atoms with Gasteiger partial charge in [-0.25, -0.2) is 14.4 Å². The van der Waals surface area contributed by atoms with Crippen molar-refractivity contribution in [1.82, 2.24) is 35.1 Å². The number of nitrogens with zero attached hydrogens (tertiary/aromatic N) is 5. The highest BCUT2D eigenvalue weighted by atomic mass is 19.1. The average molecular weight is 507 g/mol. The zero-order chi connectivity index (χ0) is 26.4. The molecule has 0 radical (unpaired) electrons. The van der Waals surface area contributed by atoms with Crippen molar-refractivity contribution in [2.24, 2.45) is 5.41 Å². The van der Waals surface area contributed by atoms with Crippen LogP contribution < -0.4 is 5.32 Å². The summed E-state index contributed by atoms with van der Waals surface area (Å²) in [5.74, 6) is 0.0588. The van der Waals surface area contributed by atoms with Crippen molar-refractivity contribution < 1.29 is 9.18 Å². The molecule has 38 heavy (non-hydrogen) atoms. The number of H-pyrrole nitrogens is 2. The molecule has 188 valence electrons. The lowest BCUT2D eigenvalue weighted by Crippen LogP contribution is -2.27. The summed E-state index contributed by atoms with van der Waals surface area (Å²) in [6.07, 6.45) is 4.95. The van der Waals surface area contributed by atoms with Gasteiger partial charge in [-0.2, -0.15) is 5.10 Å². The van der Waals surface area contributed by atoms with Crippen molar-refractivity contribution in [1.29, 1.82) is 0 Å². The topological polar surface area (TPSA) is 125 Å². The highest BCUT2D eigenvalue weighted by Crippen LogP contribution is 2.31. The van der Waals surface area contributed by atoms with E-state index in [1.54, 1.807) is 30.7 Å². The molecule has 0 aliphatic carbocycles. The Labute approximate surface area is 216 Å². The summed E-state index contributed by atoms with van der Waals surface area (Å²) in [5.41, 5.74) is 5.90. The molecule has 0 aliphatic rings. The molecule has 5 aromatic heterocycles. The number of aromatic amines is 2. The number of aromatic nitrogens is 7. The molecule has 10 heteroatoms. The minimum absolute atomic E-state index is 0.103. The second-order valence-corrected chi connectivity index (χ2v) is 9.98. The van der Waals surface area contributed by atoms with Crippen molar-refractivity contribution in [3.8, 4) is 34.0 Å². The Morgan fingerprint density at radius 3 is 2.58 bits per heavy atom. The van der Waals surface area contributed by atoms with Gasteiger partial charge in [0.15, 0.2) is 11.5 Å². The number of carbonyl (C=O) groups is 1. The first-order valence-electron chi connectivity index (χ1n) is 12.0. The number of hydrogen-bond acceptors (Lipinski definition) is 6. The van der Waals surface area contributed by atoms with Crippen LogP contribution in [-0.4, -0.2) is 41.0 Å². The van der Waals surface area contributed by atoms with E-state index in [-0.39, 0.29) is 11.7 Å². The SMILES string of the molecule is CC(C)(C)C(=O)Nc1cncc(-c2ccc3[nH]nc(-c4nc5c(-c6cccc(F)c6)nccc5[nH]4)c3n2)c1. The van der Waals surface area contributed by atoms with Crippen LogP contribution in [0.4, 0.5) is 10.1 Å². The first-order valence-corrected chi connectivity index (χ1v) is 12.0. The Morgan fingerprint density at radius 1 is 0.921 bits per heavy atom. The Balaban J connectivity index is 1.40. The van der Waals surface area contributed by atoms with E-state index in [1.165, 1.54) is 12.1 Å². The fraction of sp³-hybridized carbons (Fsp3) is 0.143.